The van der Waals surface area contributed by atoms with Crippen molar-refractivity contribution in [1.29, 1.82) is 0 Å². The highest BCUT2D eigenvalue weighted by molar-refractivity contribution is 7.14. The number of anilines is 1. The van der Waals surface area contributed by atoms with Crippen LogP contribution >= 0.6 is 22.7 Å². The minimum absolute atomic E-state index is 0.0307. The van der Waals surface area contributed by atoms with Crippen molar-refractivity contribution in [3.05, 3.63) is 70.2 Å². The Kier molecular flexibility index (Phi) is 4.11. The second kappa shape index (κ2) is 6.55. The van der Waals surface area contributed by atoms with Gasteiger partial charge >= 0.3 is 0 Å². The fourth-order valence-corrected chi connectivity index (χ4v) is 3.99. The molecule has 118 valence electrons. The molecule has 1 N–H and O–H groups in total. The van der Waals surface area contributed by atoms with Gasteiger partial charge in [-0.2, -0.15) is 0 Å². The number of aromatic nitrogens is 1. The lowest BCUT2D eigenvalue weighted by Gasteiger charge is -2.01. The van der Waals surface area contributed by atoms with E-state index >= 15 is 0 Å². The van der Waals surface area contributed by atoms with Crippen LogP contribution in [-0.4, -0.2) is 10.9 Å². The van der Waals surface area contributed by atoms with Crippen molar-refractivity contribution in [2.75, 3.05) is 5.32 Å². The summed E-state index contributed by atoms with van der Waals surface area (Å²) < 4.78 is 0. The van der Waals surface area contributed by atoms with Gasteiger partial charge in [0.2, 0.25) is 5.91 Å². The lowest BCUT2D eigenvalue weighted by Crippen LogP contribution is -2.13. The maximum atomic E-state index is 12.1. The van der Waals surface area contributed by atoms with Crippen LogP contribution in [0.15, 0.2) is 65.4 Å². The number of thiazole rings is 1. The van der Waals surface area contributed by atoms with Crippen molar-refractivity contribution in [2.45, 2.75) is 6.42 Å². The van der Waals surface area contributed by atoms with Crippen molar-refractivity contribution in [3.63, 3.8) is 0 Å². The molecular weight excluding hydrogens is 336 g/mol. The Labute approximate surface area is 147 Å². The summed E-state index contributed by atoms with van der Waals surface area (Å²) in [7, 11) is 0. The molecule has 0 aliphatic heterocycles. The highest BCUT2D eigenvalue weighted by Crippen LogP contribution is 2.27. The third kappa shape index (κ3) is 3.22. The quantitative estimate of drug-likeness (QED) is 0.549. The van der Waals surface area contributed by atoms with E-state index < -0.39 is 0 Å². The Bertz CT molecular complexity index is 989. The lowest BCUT2D eigenvalue weighted by atomic mass is 10.1. The number of nitrogens with zero attached hydrogens (tertiary/aromatic N) is 1. The van der Waals surface area contributed by atoms with Gasteiger partial charge in [-0.25, -0.2) is 4.98 Å². The summed E-state index contributed by atoms with van der Waals surface area (Å²) in [6, 6.07) is 18.5. The van der Waals surface area contributed by atoms with Crippen molar-refractivity contribution in [3.8, 4) is 11.3 Å². The van der Waals surface area contributed by atoms with E-state index in [4.69, 9.17) is 0 Å². The number of amides is 1. The van der Waals surface area contributed by atoms with Crippen LogP contribution in [0.2, 0.25) is 0 Å². The number of thiophene rings is 1. The van der Waals surface area contributed by atoms with Crippen molar-refractivity contribution < 1.29 is 4.79 Å². The van der Waals surface area contributed by atoms with E-state index in [9.17, 15) is 4.79 Å². The summed E-state index contributed by atoms with van der Waals surface area (Å²) in [6.45, 7) is 0. The first-order valence-electron chi connectivity index (χ1n) is 7.55. The number of hydrogen-bond acceptors (Lipinski definition) is 4. The average Bonchev–Trinajstić information content (AvgIpc) is 3.26. The molecule has 0 fully saturated rings. The fraction of sp³-hybridized carbons (Fsp3) is 0.0526. The van der Waals surface area contributed by atoms with Gasteiger partial charge in [0.1, 0.15) is 0 Å². The summed E-state index contributed by atoms with van der Waals surface area (Å²) in [5.74, 6) is -0.0307. The molecular formula is C19H14N2OS2. The molecule has 0 spiro atoms. The van der Waals surface area contributed by atoms with Crippen LogP contribution in [0.4, 0.5) is 5.13 Å². The van der Waals surface area contributed by atoms with E-state index in [1.54, 1.807) is 11.3 Å². The van der Waals surface area contributed by atoms with Crippen molar-refractivity contribution >= 4 is 44.5 Å². The Morgan fingerprint density at radius 1 is 1.00 bits per heavy atom. The van der Waals surface area contributed by atoms with Gasteiger partial charge in [-0.1, -0.05) is 42.5 Å². The van der Waals surface area contributed by atoms with Gasteiger partial charge in [0, 0.05) is 15.8 Å². The molecule has 24 heavy (non-hydrogen) atoms. The van der Waals surface area contributed by atoms with Gasteiger partial charge in [-0.15, -0.1) is 22.7 Å². The summed E-state index contributed by atoms with van der Waals surface area (Å²) in [5.41, 5.74) is 1.95. The molecule has 0 radical (unpaired) electrons. The van der Waals surface area contributed by atoms with Gasteiger partial charge < -0.3 is 5.32 Å². The van der Waals surface area contributed by atoms with E-state index in [1.165, 1.54) is 22.1 Å². The smallest absolute Gasteiger partial charge is 0.231 e. The number of rotatable bonds is 4. The number of carbonyl (C=O) groups is 1. The van der Waals surface area contributed by atoms with E-state index in [0.717, 1.165) is 16.1 Å². The monoisotopic (exact) mass is 350 g/mol. The minimum atomic E-state index is -0.0307. The Morgan fingerprint density at radius 3 is 2.71 bits per heavy atom. The first-order valence-corrected chi connectivity index (χ1v) is 9.31. The second-order valence-corrected chi connectivity index (χ2v) is 7.29. The van der Waals surface area contributed by atoms with Gasteiger partial charge in [0.25, 0.3) is 0 Å². The van der Waals surface area contributed by atoms with Gasteiger partial charge in [-0.05, 0) is 28.3 Å². The molecule has 0 bridgehead atoms. The van der Waals surface area contributed by atoms with Crippen LogP contribution < -0.4 is 5.32 Å². The van der Waals surface area contributed by atoms with E-state index in [2.05, 4.69) is 40.6 Å². The number of fused-ring (bicyclic) bond motifs is 1. The molecule has 2 aromatic carbocycles. The van der Waals surface area contributed by atoms with Crippen LogP contribution in [0, 0.1) is 0 Å². The predicted octanol–water partition coefficient (Wildman–Crippen LogP) is 5.21. The standard InChI is InChI=1S/C19H14N2OS2/c22-18(11-16-6-3-9-23-16)21-19-20-17(12-24-19)15-8-7-13-4-1-2-5-14(13)10-15/h1-10,12H,11H2,(H,20,21,22). The Hall–Kier alpha value is -2.50. The maximum Gasteiger partial charge on any atom is 0.231 e. The molecule has 2 heterocycles. The van der Waals surface area contributed by atoms with Crippen LogP contribution in [0.1, 0.15) is 4.88 Å². The molecule has 0 aliphatic carbocycles. The van der Waals surface area contributed by atoms with Crippen LogP contribution in [-0.2, 0) is 11.2 Å². The van der Waals surface area contributed by atoms with Gasteiger partial charge in [-0.3, -0.25) is 4.79 Å². The third-order valence-corrected chi connectivity index (χ3v) is 5.34. The highest BCUT2D eigenvalue weighted by Gasteiger charge is 2.09. The highest BCUT2D eigenvalue weighted by atomic mass is 32.1. The molecule has 4 aromatic rings. The number of nitrogens with one attached hydrogen (secondary N) is 1. The molecule has 2 aromatic heterocycles. The summed E-state index contributed by atoms with van der Waals surface area (Å²) in [6.07, 6.45) is 0.391. The summed E-state index contributed by atoms with van der Waals surface area (Å²) >= 11 is 3.04. The second-order valence-electron chi connectivity index (χ2n) is 5.40. The van der Waals surface area contributed by atoms with Crippen LogP contribution in [0.5, 0.6) is 0 Å². The molecule has 0 saturated carbocycles. The third-order valence-electron chi connectivity index (χ3n) is 3.71. The van der Waals surface area contributed by atoms with Crippen molar-refractivity contribution in [2.24, 2.45) is 0 Å². The molecule has 1 amide bonds. The molecule has 4 rings (SSSR count). The van der Waals surface area contributed by atoms with Crippen LogP contribution in [0.25, 0.3) is 22.0 Å². The van der Waals surface area contributed by atoms with E-state index in [1.807, 2.05) is 35.0 Å². The van der Waals surface area contributed by atoms with Gasteiger partial charge in [0.15, 0.2) is 5.13 Å². The maximum absolute atomic E-state index is 12.1. The molecule has 0 atom stereocenters. The first-order chi connectivity index (χ1) is 11.8. The average molecular weight is 350 g/mol. The fourth-order valence-electron chi connectivity index (χ4n) is 2.55. The number of carbonyl (C=O) groups excluding carboxylic acids is 1. The van der Waals surface area contributed by atoms with E-state index in [-0.39, 0.29) is 5.91 Å². The largest absolute Gasteiger partial charge is 0.302 e. The summed E-state index contributed by atoms with van der Waals surface area (Å²) in [4.78, 5) is 17.7. The Balaban J connectivity index is 1.52. The zero-order valence-corrected chi connectivity index (χ0v) is 14.4. The molecule has 3 nitrogen and oxygen atoms in total. The zero-order valence-electron chi connectivity index (χ0n) is 12.7. The minimum Gasteiger partial charge on any atom is -0.302 e. The molecule has 0 unspecified atom stereocenters. The Morgan fingerprint density at radius 2 is 1.88 bits per heavy atom. The zero-order chi connectivity index (χ0) is 16.4. The predicted molar refractivity (Wildman–Crippen MR) is 102 cm³/mol. The van der Waals surface area contributed by atoms with Crippen molar-refractivity contribution in [1.82, 2.24) is 4.98 Å². The molecule has 5 heteroatoms. The van der Waals surface area contributed by atoms with E-state index in [0.29, 0.717) is 11.6 Å². The molecule has 0 aliphatic rings. The first kappa shape index (κ1) is 15.1. The number of benzene rings is 2. The summed E-state index contributed by atoms with van der Waals surface area (Å²) in [5, 5.41) is 9.87. The normalized spacial score (nSPS) is 10.8. The molecule has 0 saturated heterocycles. The topological polar surface area (TPSA) is 42.0 Å². The van der Waals surface area contributed by atoms with Crippen LogP contribution in [0.3, 0.4) is 0 Å². The van der Waals surface area contributed by atoms with Gasteiger partial charge in [0.05, 0.1) is 12.1 Å². The SMILES string of the molecule is O=C(Cc1cccs1)Nc1nc(-c2ccc3ccccc3c2)cs1. The lowest BCUT2D eigenvalue weighted by molar-refractivity contribution is -0.115. The number of hydrogen-bond donors (Lipinski definition) is 1.